The van der Waals surface area contributed by atoms with Gasteiger partial charge in [0.15, 0.2) is 0 Å². The van der Waals surface area contributed by atoms with Crippen LogP contribution >= 0.6 is 23.1 Å². The summed E-state index contributed by atoms with van der Waals surface area (Å²) in [6, 6.07) is 20.5. The number of nitrogens with one attached hydrogen (secondary N) is 2. The van der Waals surface area contributed by atoms with Crippen LogP contribution in [0.2, 0.25) is 0 Å². The van der Waals surface area contributed by atoms with Crippen molar-refractivity contribution in [2.45, 2.75) is 4.90 Å². The van der Waals surface area contributed by atoms with Crippen molar-refractivity contribution in [3.05, 3.63) is 77.0 Å². The van der Waals surface area contributed by atoms with Crippen molar-refractivity contribution in [2.24, 2.45) is 0 Å². The van der Waals surface area contributed by atoms with E-state index in [1.807, 2.05) is 66.0 Å². The fourth-order valence-corrected chi connectivity index (χ4v) is 3.51. The number of hydrogen-bond acceptors (Lipinski definition) is 4. The molecule has 25 heavy (non-hydrogen) atoms. The Morgan fingerprint density at radius 1 is 0.880 bits per heavy atom. The fraction of sp³-hybridized carbons (Fsp3) is 0.0526. The summed E-state index contributed by atoms with van der Waals surface area (Å²) >= 11 is 2.83. The van der Waals surface area contributed by atoms with Gasteiger partial charge in [-0.15, -0.1) is 23.1 Å². The molecule has 2 amide bonds. The maximum absolute atomic E-state index is 12.1. The molecule has 2 aromatic carbocycles. The second-order valence-electron chi connectivity index (χ2n) is 5.16. The van der Waals surface area contributed by atoms with Crippen LogP contribution in [0.4, 0.5) is 11.4 Å². The first-order valence-corrected chi connectivity index (χ1v) is 9.50. The predicted octanol–water partition coefficient (Wildman–Crippen LogP) is 4.73. The van der Waals surface area contributed by atoms with E-state index in [0.29, 0.717) is 16.3 Å². The second kappa shape index (κ2) is 8.50. The van der Waals surface area contributed by atoms with Crippen molar-refractivity contribution >= 4 is 46.3 Å². The molecule has 0 saturated carbocycles. The molecule has 3 aromatic rings. The third-order valence-electron chi connectivity index (χ3n) is 3.26. The first-order chi connectivity index (χ1) is 12.2. The smallest absolute Gasteiger partial charge is 0.265 e. The fourth-order valence-electron chi connectivity index (χ4n) is 2.13. The van der Waals surface area contributed by atoms with Gasteiger partial charge >= 0.3 is 0 Å². The second-order valence-corrected chi connectivity index (χ2v) is 7.16. The van der Waals surface area contributed by atoms with E-state index in [1.54, 1.807) is 6.07 Å². The number of rotatable bonds is 6. The Morgan fingerprint density at radius 2 is 1.68 bits per heavy atom. The molecular weight excluding hydrogens is 352 g/mol. The van der Waals surface area contributed by atoms with E-state index in [4.69, 9.17) is 0 Å². The number of carbonyl (C=O) groups excluding carboxylic acids is 2. The SMILES string of the molecule is O=C(CSc1cccc(NC(=O)c2cccs2)c1)Nc1ccccc1. The van der Waals surface area contributed by atoms with Gasteiger partial charge in [-0.25, -0.2) is 0 Å². The number of anilines is 2. The molecule has 0 fully saturated rings. The zero-order valence-corrected chi connectivity index (χ0v) is 14.9. The summed E-state index contributed by atoms with van der Waals surface area (Å²) in [5, 5.41) is 7.59. The van der Waals surface area contributed by atoms with Gasteiger partial charge in [0.2, 0.25) is 5.91 Å². The molecule has 0 aliphatic heterocycles. The number of amides is 2. The number of thiophene rings is 1. The molecular formula is C19H16N2O2S2. The number of thioether (sulfide) groups is 1. The lowest BCUT2D eigenvalue weighted by Crippen LogP contribution is -2.13. The molecule has 0 saturated heterocycles. The van der Waals surface area contributed by atoms with Crippen molar-refractivity contribution in [1.29, 1.82) is 0 Å². The zero-order valence-electron chi connectivity index (χ0n) is 13.3. The average molecular weight is 368 g/mol. The molecule has 3 rings (SSSR count). The van der Waals surface area contributed by atoms with Gasteiger partial charge < -0.3 is 10.6 Å². The van der Waals surface area contributed by atoms with Crippen LogP contribution in [-0.2, 0) is 4.79 Å². The first kappa shape index (κ1) is 17.3. The average Bonchev–Trinajstić information content (AvgIpc) is 3.16. The first-order valence-electron chi connectivity index (χ1n) is 7.63. The van der Waals surface area contributed by atoms with Crippen molar-refractivity contribution in [3.8, 4) is 0 Å². The van der Waals surface area contributed by atoms with Gasteiger partial charge in [-0.2, -0.15) is 0 Å². The van der Waals surface area contributed by atoms with Crippen molar-refractivity contribution in [1.82, 2.24) is 0 Å². The quantitative estimate of drug-likeness (QED) is 0.618. The predicted molar refractivity (Wildman–Crippen MR) is 105 cm³/mol. The summed E-state index contributed by atoms with van der Waals surface area (Å²) < 4.78 is 0. The number of carbonyl (C=O) groups is 2. The Hall–Kier alpha value is -2.57. The van der Waals surface area contributed by atoms with Crippen LogP contribution in [0.15, 0.2) is 77.0 Å². The lowest BCUT2D eigenvalue weighted by molar-refractivity contribution is -0.113. The maximum atomic E-state index is 12.1. The van der Waals surface area contributed by atoms with Gasteiger partial charge in [0, 0.05) is 16.3 Å². The van der Waals surface area contributed by atoms with E-state index >= 15 is 0 Å². The Kier molecular flexibility index (Phi) is 5.87. The van der Waals surface area contributed by atoms with Gasteiger partial charge in [0.25, 0.3) is 5.91 Å². The van der Waals surface area contributed by atoms with Crippen LogP contribution in [0, 0.1) is 0 Å². The molecule has 1 heterocycles. The summed E-state index contributed by atoms with van der Waals surface area (Å²) in [4.78, 5) is 25.7. The molecule has 0 aliphatic rings. The Bertz CT molecular complexity index is 849. The van der Waals surface area contributed by atoms with Crippen molar-refractivity contribution < 1.29 is 9.59 Å². The molecule has 4 nitrogen and oxygen atoms in total. The van der Waals surface area contributed by atoms with E-state index in [-0.39, 0.29) is 11.8 Å². The monoisotopic (exact) mass is 368 g/mol. The normalized spacial score (nSPS) is 10.2. The molecule has 0 aliphatic carbocycles. The zero-order chi connectivity index (χ0) is 17.5. The highest BCUT2D eigenvalue weighted by Gasteiger charge is 2.08. The summed E-state index contributed by atoms with van der Waals surface area (Å²) in [6.07, 6.45) is 0. The van der Waals surface area contributed by atoms with Gasteiger partial charge in [-0.05, 0) is 41.8 Å². The molecule has 6 heteroatoms. The number of para-hydroxylation sites is 1. The van der Waals surface area contributed by atoms with Crippen molar-refractivity contribution in [3.63, 3.8) is 0 Å². The lowest BCUT2D eigenvalue weighted by Gasteiger charge is -2.07. The van der Waals surface area contributed by atoms with E-state index in [9.17, 15) is 9.59 Å². The van der Waals surface area contributed by atoms with Gasteiger partial charge in [-0.1, -0.05) is 30.3 Å². The van der Waals surface area contributed by atoms with Crippen LogP contribution in [-0.4, -0.2) is 17.6 Å². The number of hydrogen-bond donors (Lipinski definition) is 2. The largest absolute Gasteiger partial charge is 0.325 e. The summed E-state index contributed by atoms with van der Waals surface area (Å²) in [6.45, 7) is 0. The molecule has 0 spiro atoms. The maximum Gasteiger partial charge on any atom is 0.265 e. The lowest BCUT2D eigenvalue weighted by atomic mass is 10.3. The Labute approximate surface area is 154 Å². The highest BCUT2D eigenvalue weighted by molar-refractivity contribution is 8.00. The van der Waals surface area contributed by atoms with Crippen LogP contribution in [0.1, 0.15) is 9.67 Å². The third kappa shape index (κ3) is 5.20. The van der Waals surface area contributed by atoms with Crippen LogP contribution in [0.3, 0.4) is 0 Å². The van der Waals surface area contributed by atoms with Gasteiger partial charge in [-0.3, -0.25) is 9.59 Å². The van der Waals surface area contributed by atoms with Crippen LogP contribution in [0.25, 0.3) is 0 Å². The minimum Gasteiger partial charge on any atom is -0.325 e. The van der Waals surface area contributed by atoms with E-state index in [2.05, 4.69) is 10.6 Å². The Balaban J connectivity index is 1.54. The number of benzene rings is 2. The van der Waals surface area contributed by atoms with Crippen LogP contribution in [0.5, 0.6) is 0 Å². The molecule has 0 unspecified atom stereocenters. The molecule has 1 aromatic heterocycles. The highest BCUT2D eigenvalue weighted by Crippen LogP contribution is 2.22. The minimum atomic E-state index is -0.126. The standard InChI is InChI=1S/C19H16N2O2S2/c22-18(20-14-6-2-1-3-7-14)13-25-16-9-4-8-15(12-16)21-19(23)17-10-5-11-24-17/h1-12H,13H2,(H,20,22)(H,21,23). The van der Waals surface area contributed by atoms with Gasteiger partial charge in [0.05, 0.1) is 10.6 Å². The molecule has 126 valence electrons. The summed E-state index contributed by atoms with van der Waals surface area (Å²) in [5.74, 6) is 0.111. The van der Waals surface area contributed by atoms with Crippen molar-refractivity contribution in [2.75, 3.05) is 16.4 Å². The topological polar surface area (TPSA) is 58.2 Å². The molecule has 0 radical (unpaired) electrons. The molecule has 2 N–H and O–H groups in total. The molecule has 0 atom stereocenters. The third-order valence-corrected chi connectivity index (χ3v) is 5.13. The summed E-state index contributed by atoms with van der Waals surface area (Å²) in [5.41, 5.74) is 1.50. The Morgan fingerprint density at radius 3 is 2.44 bits per heavy atom. The van der Waals surface area contributed by atoms with Gasteiger partial charge in [0.1, 0.15) is 0 Å². The van der Waals surface area contributed by atoms with E-state index in [1.165, 1.54) is 23.1 Å². The highest BCUT2D eigenvalue weighted by atomic mass is 32.2. The van der Waals surface area contributed by atoms with Crippen LogP contribution < -0.4 is 10.6 Å². The molecule has 0 bridgehead atoms. The van der Waals surface area contributed by atoms with E-state index < -0.39 is 0 Å². The van der Waals surface area contributed by atoms with E-state index in [0.717, 1.165) is 10.6 Å². The summed E-state index contributed by atoms with van der Waals surface area (Å²) in [7, 11) is 0. The minimum absolute atomic E-state index is 0.0655.